The molecule has 1 fully saturated rings. The maximum Gasteiger partial charge on any atom is 0.240 e. The number of halogens is 1. The Kier molecular flexibility index (Phi) is 4.47. The van der Waals surface area contributed by atoms with E-state index in [1.807, 2.05) is 0 Å². The van der Waals surface area contributed by atoms with Crippen LogP contribution in [0.25, 0.3) is 0 Å². The monoisotopic (exact) mass is 304 g/mol. The van der Waals surface area contributed by atoms with Gasteiger partial charge in [-0.15, -0.1) is 0 Å². The van der Waals surface area contributed by atoms with Crippen molar-refractivity contribution in [3.8, 4) is 0 Å². The maximum atomic E-state index is 12.1. The van der Waals surface area contributed by atoms with Crippen molar-refractivity contribution in [3.63, 3.8) is 0 Å². The van der Waals surface area contributed by atoms with E-state index in [2.05, 4.69) is 4.72 Å². The third-order valence-electron chi connectivity index (χ3n) is 3.30. The summed E-state index contributed by atoms with van der Waals surface area (Å²) >= 11 is 5.97. The molecule has 1 aromatic carbocycles. The summed E-state index contributed by atoms with van der Waals surface area (Å²) in [5.74, 6) is 0. The van der Waals surface area contributed by atoms with Crippen molar-refractivity contribution in [2.75, 3.05) is 7.11 Å². The van der Waals surface area contributed by atoms with Crippen LogP contribution in [-0.2, 0) is 21.3 Å². The van der Waals surface area contributed by atoms with E-state index in [1.165, 1.54) is 12.1 Å². The molecule has 7 heteroatoms. The Labute approximate surface area is 118 Å². The van der Waals surface area contributed by atoms with Gasteiger partial charge in [0.15, 0.2) is 0 Å². The molecule has 1 aromatic rings. The Morgan fingerprint density at radius 1 is 1.47 bits per heavy atom. The number of ether oxygens (including phenoxy) is 1. The molecule has 2 rings (SSSR count). The van der Waals surface area contributed by atoms with Crippen molar-refractivity contribution in [3.05, 3.63) is 28.8 Å². The van der Waals surface area contributed by atoms with Gasteiger partial charge in [0.2, 0.25) is 10.0 Å². The van der Waals surface area contributed by atoms with E-state index in [0.717, 1.165) is 5.56 Å². The standard InChI is InChI=1S/C12H17ClN2O3S/c1-18-10-4-9(5-10)15-19(16,17)11-3-2-8(7-14)12(13)6-11/h2-3,6,9-10,15H,4-5,7,14H2,1H3. The highest BCUT2D eigenvalue weighted by atomic mass is 35.5. The van der Waals surface area contributed by atoms with Gasteiger partial charge in [-0.1, -0.05) is 17.7 Å². The summed E-state index contributed by atoms with van der Waals surface area (Å²) in [5.41, 5.74) is 6.21. The summed E-state index contributed by atoms with van der Waals surface area (Å²) in [7, 11) is -1.90. The number of sulfonamides is 1. The molecule has 0 bridgehead atoms. The van der Waals surface area contributed by atoms with Gasteiger partial charge in [0.25, 0.3) is 0 Å². The van der Waals surface area contributed by atoms with Crippen molar-refractivity contribution < 1.29 is 13.2 Å². The number of nitrogens with two attached hydrogens (primary N) is 1. The van der Waals surface area contributed by atoms with Gasteiger partial charge < -0.3 is 10.5 Å². The van der Waals surface area contributed by atoms with Gasteiger partial charge >= 0.3 is 0 Å². The molecular weight excluding hydrogens is 288 g/mol. The molecule has 3 N–H and O–H groups in total. The Hall–Kier alpha value is -0.660. The topological polar surface area (TPSA) is 81.4 Å². The first-order chi connectivity index (χ1) is 8.96. The molecule has 0 spiro atoms. The average Bonchev–Trinajstić information content (AvgIpc) is 2.33. The van der Waals surface area contributed by atoms with E-state index in [9.17, 15) is 8.42 Å². The van der Waals surface area contributed by atoms with Gasteiger partial charge in [-0.3, -0.25) is 0 Å². The summed E-state index contributed by atoms with van der Waals surface area (Å²) in [6.45, 7) is 0.282. The van der Waals surface area contributed by atoms with Crippen LogP contribution in [0.2, 0.25) is 5.02 Å². The molecular formula is C12H17ClN2O3S. The fourth-order valence-corrected chi connectivity index (χ4v) is 3.61. The van der Waals surface area contributed by atoms with Crippen LogP contribution < -0.4 is 10.5 Å². The lowest BCUT2D eigenvalue weighted by Gasteiger charge is -2.34. The van der Waals surface area contributed by atoms with E-state index < -0.39 is 10.0 Å². The molecule has 19 heavy (non-hydrogen) atoms. The van der Waals surface area contributed by atoms with Gasteiger partial charge in [0.1, 0.15) is 0 Å². The highest BCUT2D eigenvalue weighted by Crippen LogP contribution is 2.26. The minimum absolute atomic E-state index is 0.0667. The van der Waals surface area contributed by atoms with E-state index >= 15 is 0 Å². The highest BCUT2D eigenvalue weighted by molar-refractivity contribution is 7.89. The Morgan fingerprint density at radius 2 is 2.16 bits per heavy atom. The molecule has 1 aliphatic carbocycles. The van der Waals surface area contributed by atoms with Crippen LogP contribution >= 0.6 is 11.6 Å². The molecule has 0 atom stereocenters. The zero-order valence-corrected chi connectivity index (χ0v) is 12.2. The summed E-state index contributed by atoms with van der Waals surface area (Å²) < 4.78 is 32.0. The van der Waals surface area contributed by atoms with Gasteiger partial charge in [-0.25, -0.2) is 13.1 Å². The molecule has 0 unspecified atom stereocenters. The van der Waals surface area contributed by atoms with E-state index in [4.69, 9.17) is 22.1 Å². The van der Waals surface area contributed by atoms with Crippen LogP contribution in [-0.4, -0.2) is 27.7 Å². The molecule has 0 amide bonds. The Morgan fingerprint density at radius 3 is 2.68 bits per heavy atom. The fraction of sp³-hybridized carbons (Fsp3) is 0.500. The Bertz CT molecular complexity index is 556. The first kappa shape index (κ1) is 14.7. The number of benzene rings is 1. The second-order valence-corrected chi connectivity index (χ2v) is 6.73. The number of hydrogen-bond donors (Lipinski definition) is 2. The Balaban J connectivity index is 2.09. The average molecular weight is 305 g/mol. The van der Waals surface area contributed by atoms with Crippen molar-refractivity contribution in [1.82, 2.24) is 4.72 Å². The maximum absolute atomic E-state index is 12.1. The summed E-state index contributed by atoms with van der Waals surface area (Å²) in [6, 6.07) is 4.51. The number of nitrogens with one attached hydrogen (secondary N) is 1. The molecule has 0 saturated heterocycles. The molecule has 5 nitrogen and oxygen atoms in total. The summed E-state index contributed by atoms with van der Waals surface area (Å²) in [5, 5.41) is 0.369. The smallest absolute Gasteiger partial charge is 0.240 e. The first-order valence-electron chi connectivity index (χ1n) is 6.00. The molecule has 1 saturated carbocycles. The largest absolute Gasteiger partial charge is 0.381 e. The van der Waals surface area contributed by atoms with Crippen molar-refractivity contribution >= 4 is 21.6 Å². The number of hydrogen-bond acceptors (Lipinski definition) is 4. The van der Waals surface area contributed by atoms with Crippen molar-refractivity contribution in [2.24, 2.45) is 5.73 Å². The number of methoxy groups -OCH3 is 1. The second-order valence-electron chi connectivity index (χ2n) is 4.60. The molecule has 0 heterocycles. The van der Waals surface area contributed by atoms with Gasteiger partial charge in [0.05, 0.1) is 11.0 Å². The third-order valence-corrected chi connectivity index (χ3v) is 5.17. The molecule has 0 radical (unpaired) electrons. The van der Waals surface area contributed by atoms with Crippen LogP contribution in [0.15, 0.2) is 23.1 Å². The SMILES string of the molecule is COC1CC(NS(=O)(=O)c2ccc(CN)c(Cl)c2)C1. The molecule has 0 aromatic heterocycles. The van der Waals surface area contributed by atoms with Crippen LogP contribution in [0, 0.1) is 0 Å². The third kappa shape index (κ3) is 3.27. The summed E-state index contributed by atoms with van der Waals surface area (Å²) in [6.07, 6.45) is 1.55. The van der Waals surface area contributed by atoms with Crippen LogP contribution in [0.1, 0.15) is 18.4 Å². The first-order valence-corrected chi connectivity index (χ1v) is 7.86. The molecule has 106 valence electrons. The molecule has 0 aliphatic heterocycles. The fourth-order valence-electron chi connectivity index (χ4n) is 2.00. The normalized spacial score (nSPS) is 23.1. The predicted octanol–water partition coefficient (Wildman–Crippen LogP) is 1.25. The lowest BCUT2D eigenvalue weighted by Crippen LogP contribution is -2.47. The second kappa shape index (κ2) is 5.76. The quantitative estimate of drug-likeness (QED) is 0.858. The van der Waals surface area contributed by atoms with Crippen LogP contribution in [0.5, 0.6) is 0 Å². The number of rotatable bonds is 5. The van der Waals surface area contributed by atoms with Gasteiger partial charge in [-0.2, -0.15) is 0 Å². The highest BCUT2D eigenvalue weighted by Gasteiger charge is 2.32. The minimum Gasteiger partial charge on any atom is -0.381 e. The van der Waals surface area contributed by atoms with E-state index in [0.29, 0.717) is 17.9 Å². The zero-order chi connectivity index (χ0) is 14.0. The van der Waals surface area contributed by atoms with Crippen molar-refractivity contribution in [1.29, 1.82) is 0 Å². The van der Waals surface area contributed by atoms with Crippen molar-refractivity contribution in [2.45, 2.75) is 36.4 Å². The van der Waals surface area contributed by atoms with E-state index in [-0.39, 0.29) is 23.6 Å². The lowest BCUT2D eigenvalue weighted by atomic mass is 9.90. The van der Waals surface area contributed by atoms with E-state index in [1.54, 1.807) is 13.2 Å². The van der Waals surface area contributed by atoms with Crippen LogP contribution in [0.3, 0.4) is 0 Å². The summed E-state index contributed by atoms with van der Waals surface area (Å²) in [4.78, 5) is 0.163. The zero-order valence-electron chi connectivity index (χ0n) is 10.6. The van der Waals surface area contributed by atoms with Gasteiger partial charge in [-0.05, 0) is 30.5 Å². The molecule has 1 aliphatic rings. The van der Waals surface area contributed by atoms with Gasteiger partial charge in [0, 0.05) is 24.7 Å². The predicted molar refractivity (Wildman–Crippen MR) is 73.5 cm³/mol. The minimum atomic E-state index is -3.53. The van der Waals surface area contributed by atoms with Crippen LogP contribution in [0.4, 0.5) is 0 Å². The lowest BCUT2D eigenvalue weighted by molar-refractivity contribution is 0.0236.